The van der Waals surface area contributed by atoms with Gasteiger partial charge >= 0.3 is 0 Å². The van der Waals surface area contributed by atoms with Crippen molar-refractivity contribution in [3.63, 3.8) is 0 Å². The van der Waals surface area contributed by atoms with Crippen LogP contribution in [0.3, 0.4) is 0 Å². The molecule has 3 nitrogen and oxygen atoms in total. The van der Waals surface area contributed by atoms with Gasteiger partial charge in [0.25, 0.3) is 0 Å². The Morgan fingerprint density at radius 2 is 2.00 bits per heavy atom. The molecule has 0 amide bonds. The molecule has 0 saturated carbocycles. The van der Waals surface area contributed by atoms with Crippen molar-refractivity contribution in [3.05, 3.63) is 70.9 Å². The summed E-state index contributed by atoms with van der Waals surface area (Å²) in [6, 6.07) is 16.4. The minimum Gasteiger partial charge on any atom is -0.343 e. The molecular formula is C18H17N3. The van der Waals surface area contributed by atoms with E-state index in [2.05, 4.69) is 35.0 Å². The van der Waals surface area contributed by atoms with Crippen LogP contribution in [-0.2, 0) is 13.1 Å². The second-order valence-corrected chi connectivity index (χ2v) is 5.25. The molecule has 104 valence electrons. The lowest BCUT2D eigenvalue weighted by molar-refractivity contribution is 0.830. The van der Waals surface area contributed by atoms with Crippen LogP contribution in [0, 0.1) is 18.3 Å². The second kappa shape index (κ2) is 5.43. The van der Waals surface area contributed by atoms with Crippen molar-refractivity contribution in [1.29, 1.82) is 5.26 Å². The summed E-state index contributed by atoms with van der Waals surface area (Å²) in [7, 11) is 0. The van der Waals surface area contributed by atoms with E-state index >= 15 is 0 Å². The van der Waals surface area contributed by atoms with Gasteiger partial charge in [-0.25, -0.2) is 0 Å². The van der Waals surface area contributed by atoms with Crippen molar-refractivity contribution < 1.29 is 0 Å². The lowest BCUT2D eigenvalue weighted by Crippen LogP contribution is -2.01. The number of hydrogen-bond acceptors (Lipinski definition) is 2. The first-order chi connectivity index (χ1) is 10.2. The maximum absolute atomic E-state index is 8.94. The summed E-state index contributed by atoms with van der Waals surface area (Å²) in [5.41, 5.74) is 11.2. The van der Waals surface area contributed by atoms with Crippen molar-refractivity contribution in [1.82, 2.24) is 4.57 Å². The van der Waals surface area contributed by atoms with E-state index in [0.29, 0.717) is 12.1 Å². The molecule has 3 heteroatoms. The van der Waals surface area contributed by atoms with Crippen LogP contribution in [0.2, 0.25) is 0 Å². The number of hydrogen-bond donors (Lipinski definition) is 1. The third kappa shape index (κ3) is 2.42. The van der Waals surface area contributed by atoms with E-state index in [4.69, 9.17) is 11.0 Å². The lowest BCUT2D eigenvalue weighted by Gasteiger charge is -2.10. The molecule has 0 aliphatic heterocycles. The second-order valence-electron chi connectivity index (χ2n) is 5.25. The number of aromatic nitrogens is 1. The summed E-state index contributed by atoms with van der Waals surface area (Å²) in [6.07, 6.45) is 2.10. The summed E-state index contributed by atoms with van der Waals surface area (Å²) >= 11 is 0. The topological polar surface area (TPSA) is 54.7 Å². The monoisotopic (exact) mass is 275 g/mol. The highest BCUT2D eigenvalue weighted by Gasteiger charge is 2.06. The highest BCUT2D eigenvalue weighted by Crippen LogP contribution is 2.22. The van der Waals surface area contributed by atoms with E-state index in [1.54, 1.807) is 0 Å². The molecule has 0 aliphatic rings. The molecule has 0 atom stereocenters. The molecule has 1 heterocycles. The van der Waals surface area contributed by atoms with E-state index in [-0.39, 0.29) is 0 Å². The number of aryl methyl sites for hydroxylation is 1. The van der Waals surface area contributed by atoms with Gasteiger partial charge in [0.2, 0.25) is 0 Å². The quantitative estimate of drug-likeness (QED) is 0.797. The van der Waals surface area contributed by atoms with Gasteiger partial charge < -0.3 is 10.3 Å². The van der Waals surface area contributed by atoms with Crippen LogP contribution in [-0.4, -0.2) is 4.57 Å². The zero-order valence-electron chi connectivity index (χ0n) is 12.0. The zero-order chi connectivity index (χ0) is 14.8. The fraction of sp³-hybridized carbons (Fsp3) is 0.167. The summed E-state index contributed by atoms with van der Waals surface area (Å²) < 4.78 is 2.23. The SMILES string of the molecule is Cc1cc(C#N)ccc1Cn1ccc2c(CN)cccc21. The Morgan fingerprint density at radius 3 is 2.71 bits per heavy atom. The van der Waals surface area contributed by atoms with Gasteiger partial charge in [-0.1, -0.05) is 18.2 Å². The molecular weight excluding hydrogens is 258 g/mol. The molecule has 0 fully saturated rings. The third-order valence-corrected chi connectivity index (χ3v) is 3.94. The number of benzene rings is 2. The number of rotatable bonds is 3. The first-order valence-corrected chi connectivity index (χ1v) is 6.99. The van der Waals surface area contributed by atoms with Crippen molar-refractivity contribution in [2.24, 2.45) is 5.73 Å². The van der Waals surface area contributed by atoms with E-state index in [9.17, 15) is 0 Å². The molecule has 3 aromatic rings. The van der Waals surface area contributed by atoms with Crippen molar-refractivity contribution in [3.8, 4) is 6.07 Å². The van der Waals surface area contributed by atoms with Gasteiger partial charge in [0.15, 0.2) is 0 Å². The summed E-state index contributed by atoms with van der Waals surface area (Å²) in [5.74, 6) is 0. The lowest BCUT2D eigenvalue weighted by atomic mass is 10.1. The van der Waals surface area contributed by atoms with E-state index in [0.717, 1.165) is 12.1 Å². The molecule has 0 saturated heterocycles. The average Bonchev–Trinajstić information content (AvgIpc) is 2.92. The predicted molar refractivity (Wildman–Crippen MR) is 84.8 cm³/mol. The fourth-order valence-corrected chi connectivity index (χ4v) is 2.73. The van der Waals surface area contributed by atoms with Gasteiger partial charge in [0, 0.05) is 30.2 Å². The maximum Gasteiger partial charge on any atom is 0.0991 e. The maximum atomic E-state index is 8.94. The molecule has 0 spiro atoms. The summed E-state index contributed by atoms with van der Waals surface area (Å²) in [5, 5.41) is 10.2. The largest absolute Gasteiger partial charge is 0.343 e. The van der Waals surface area contributed by atoms with Crippen LogP contribution in [0.25, 0.3) is 10.9 Å². The first-order valence-electron chi connectivity index (χ1n) is 6.99. The standard InChI is InChI=1S/C18H17N3/c1-13-9-14(10-19)5-6-16(13)12-21-8-7-17-15(11-20)3-2-4-18(17)21/h2-9H,11-12,20H2,1H3. The van der Waals surface area contributed by atoms with E-state index < -0.39 is 0 Å². The molecule has 1 aromatic heterocycles. The Hall–Kier alpha value is -2.57. The third-order valence-electron chi connectivity index (χ3n) is 3.94. The molecule has 0 bridgehead atoms. The number of nitrogens with two attached hydrogens (primary N) is 1. The average molecular weight is 275 g/mol. The van der Waals surface area contributed by atoms with Gasteiger partial charge in [0.05, 0.1) is 11.6 Å². The fourth-order valence-electron chi connectivity index (χ4n) is 2.73. The van der Waals surface area contributed by atoms with Crippen LogP contribution in [0.4, 0.5) is 0 Å². The Labute approximate surface area is 124 Å². The zero-order valence-corrected chi connectivity index (χ0v) is 12.0. The van der Waals surface area contributed by atoms with Crippen LogP contribution in [0.15, 0.2) is 48.7 Å². The number of nitriles is 1. The van der Waals surface area contributed by atoms with Gasteiger partial charge in [0.1, 0.15) is 0 Å². The van der Waals surface area contributed by atoms with Crippen LogP contribution >= 0.6 is 0 Å². The smallest absolute Gasteiger partial charge is 0.0991 e. The molecule has 3 rings (SSSR count). The number of fused-ring (bicyclic) bond motifs is 1. The number of nitrogens with zero attached hydrogens (tertiary/aromatic N) is 2. The highest BCUT2D eigenvalue weighted by molar-refractivity contribution is 5.83. The van der Waals surface area contributed by atoms with Crippen LogP contribution in [0.1, 0.15) is 22.3 Å². The summed E-state index contributed by atoms with van der Waals surface area (Å²) in [4.78, 5) is 0. The van der Waals surface area contributed by atoms with Crippen molar-refractivity contribution in [2.45, 2.75) is 20.0 Å². The molecule has 0 aliphatic carbocycles. The first kappa shape index (κ1) is 13.4. The molecule has 21 heavy (non-hydrogen) atoms. The van der Waals surface area contributed by atoms with Crippen molar-refractivity contribution in [2.75, 3.05) is 0 Å². The minimum atomic E-state index is 0.553. The molecule has 2 N–H and O–H groups in total. The molecule has 2 aromatic carbocycles. The Balaban J connectivity index is 2.01. The predicted octanol–water partition coefficient (Wildman–Crippen LogP) is 3.33. The normalized spacial score (nSPS) is 10.7. The Morgan fingerprint density at radius 1 is 1.14 bits per heavy atom. The van der Waals surface area contributed by atoms with Gasteiger partial charge in [-0.2, -0.15) is 5.26 Å². The molecule has 0 unspecified atom stereocenters. The van der Waals surface area contributed by atoms with Crippen LogP contribution < -0.4 is 5.73 Å². The summed E-state index contributed by atoms with van der Waals surface area (Å²) in [6.45, 7) is 3.40. The Bertz CT molecular complexity index is 837. The molecule has 0 radical (unpaired) electrons. The van der Waals surface area contributed by atoms with Crippen molar-refractivity contribution >= 4 is 10.9 Å². The minimum absolute atomic E-state index is 0.553. The van der Waals surface area contributed by atoms with Crippen LogP contribution in [0.5, 0.6) is 0 Å². The van der Waals surface area contributed by atoms with Gasteiger partial charge in [-0.05, 0) is 47.9 Å². The van der Waals surface area contributed by atoms with E-state index in [1.807, 2.05) is 31.2 Å². The van der Waals surface area contributed by atoms with Gasteiger partial charge in [-0.15, -0.1) is 0 Å². The Kier molecular flexibility index (Phi) is 3.47. The van der Waals surface area contributed by atoms with E-state index in [1.165, 1.54) is 22.0 Å². The highest BCUT2D eigenvalue weighted by atomic mass is 14.9. The van der Waals surface area contributed by atoms with Gasteiger partial charge in [-0.3, -0.25) is 0 Å².